The van der Waals surface area contributed by atoms with Crippen LogP contribution in [0.1, 0.15) is 24.5 Å². The van der Waals surface area contributed by atoms with Gasteiger partial charge in [-0.25, -0.2) is 4.39 Å². The standard InChI is InChI=1S/C22H28FN3O3/c1-17(28)25-21(12-19-11-20(23)14-22(29)13-19)7-8-24-9-10-26(16-27)15-18-5-3-2-4-6-18/h2-6,11,13-14,16,21,24,29H,7-10,12,15H2,1H3,(H,25,28)/t21-/m1/s1. The SMILES string of the molecule is CC(=O)N[C@H](CCNCCN(C=O)Cc1ccccc1)Cc1cc(O)cc(F)c1. The summed E-state index contributed by atoms with van der Waals surface area (Å²) in [6.45, 7) is 3.82. The van der Waals surface area contributed by atoms with Crippen molar-refractivity contribution in [3.05, 3.63) is 65.5 Å². The number of carbonyl (C=O) groups excluding carboxylic acids is 2. The number of hydrogen-bond donors (Lipinski definition) is 3. The van der Waals surface area contributed by atoms with Gasteiger partial charge in [0.1, 0.15) is 11.6 Å². The molecule has 6 nitrogen and oxygen atoms in total. The van der Waals surface area contributed by atoms with E-state index in [9.17, 15) is 19.1 Å². The van der Waals surface area contributed by atoms with Crippen LogP contribution in [0.4, 0.5) is 4.39 Å². The molecular formula is C22H28FN3O3. The smallest absolute Gasteiger partial charge is 0.217 e. The average Bonchev–Trinajstić information content (AvgIpc) is 2.66. The molecule has 2 aromatic carbocycles. The van der Waals surface area contributed by atoms with Crippen LogP contribution < -0.4 is 10.6 Å². The Kier molecular flexibility index (Phi) is 9.11. The normalized spacial score (nSPS) is 11.7. The van der Waals surface area contributed by atoms with Gasteiger partial charge in [-0.3, -0.25) is 9.59 Å². The van der Waals surface area contributed by atoms with Crippen LogP contribution in [0.3, 0.4) is 0 Å². The third-order valence-electron chi connectivity index (χ3n) is 4.45. The lowest BCUT2D eigenvalue weighted by molar-refractivity contribution is -0.120. The van der Waals surface area contributed by atoms with Crippen LogP contribution in [0.25, 0.3) is 0 Å². The number of aromatic hydroxyl groups is 1. The topological polar surface area (TPSA) is 81.7 Å². The highest BCUT2D eigenvalue weighted by Crippen LogP contribution is 2.16. The summed E-state index contributed by atoms with van der Waals surface area (Å²) in [5, 5.41) is 15.7. The molecule has 0 aliphatic rings. The third-order valence-corrected chi connectivity index (χ3v) is 4.45. The van der Waals surface area contributed by atoms with Crippen LogP contribution >= 0.6 is 0 Å². The Balaban J connectivity index is 1.77. The maximum Gasteiger partial charge on any atom is 0.217 e. The second kappa shape index (κ2) is 11.8. The molecule has 2 amide bonds. The number of carbonyl (C=O) groups is 2. The predicted molar refractivity (Wildman–Crippen MR) is 110 cm³/mol. The lowest BCUT2D eigenvalue weighted by atomic mass is 10.0. The van der Waals surface area contributed by atoms with E-state index in [0.29, 0.717) is 44.6 Å². The largest absolute Gasteiger partial charge is 0.508 e. The van der Waals surface area contributed by atoms with E-state index in [1.54, 1.807) is 4.90 Å². The van der Waals surface area contributed by atoms with Gasteiger partial charge in [0.25, 0.3) is 0 Å². The van der Waals surface area contributed by atoms with Crippen molar-refractivity contribution in [2.45, 2.75) is 32.4 Å². The first-order chi connectivity index (χ1) is 14.0. The van der Waals surface area contributed by atoms with Gasteiger partial charge in [0.05, 0.1) is 0 Å². The van der Waals surface area contributed by atoms with Gasteiger partial charge >= 0.3 is 0 Å². The average molecular weight is 401 g/mol. The van der Waals surface area contributed by atoms with E-state index in [0.717, 1.165) is 18.0 Å². The fourth-order valence-corrected chi connectivity index (χ4v) is 3.16. The van der Waals surface area contributed by atoms with Gasteiger partial charge in [0.2, 0.25) is 12.3 Å². The van der Waals surface area contributed by atoms with Crippen molar-refractivity contribution in [3.63, 3.8) is 0 Å². The molecule has 0 spiro atoms. The molecule has 0 heterocycles. The van der Waals surface area contributed by atoms with Crippen LogP contribution in [0.15, 0.2) is 48.5 Å². The van der Waals surface area contributed by atoms with Crippen LogP contribution in [0, 0.1) is 5.82 Å². The summed E-state index contributed by atoms with van der Waals surface area (Å²) in [6.07, 6.45) is 1.89. The lowest BCUT2D eigenvalue weighted by Crippen LogP contribution is -2.38. The fraction of sp³-hybridized carbons (Fsp3) is 0.364. The molecule has 156 valence electrons. The summed E-state index contributed by atoms with van der Waals surface area (Å²) in [5.41, 5.74) is 1.69. The van der Waals surface area contributed by atoms with Crippen LogP contribution in [-0.2, 0) is 22.6 Å². The van der Waals surface area contributed by atoms with Gasteiger partial charge in [0, 0.05) is 38.7 Å². The maximum atomic E-state index is 13.5. The molecule has 1 atom stereocenters. The van der Waals surface area contributed by atoms with Gasteiger partial charge in [-0.05, 0) is 42.6 Å². The fourth-order valence-electron chi connectivity index (χ4n) is 3.16. The van der Waals surface area contributed by atoms with Crippen LogP contribution in [-0.4, -0.2) is 48.0 Å². The summed E-state index contributed by atoms with van der Waals surface area (Å²) < 4.78 is 13.5. The number of nitrogens with one attached hydrogen (secondary N) is 2. The van der Waals surface area contributed by atoms with Crippen molar-refractivity contribution in [2.24, 2.45) is 0 Å². The molecule has 0 radical (unpaired) electrons. The minimum Gasteiger partial charge on any atom is -0.508 e. The van der Waals surface area contributed by atoms with E-state index in [1.807, 2.05) is 30.3 Å². The number of phenolic OH excluding ortho intramolecular Hbond substituents is 1. The van der Waals surface area contributed by atoms with E-state index >= 15 is 0 Å². The van der Waals surface area contributed by atoms with Gasteiger partial charge < -0.3 is 20.6 Å². The molecule has 0 saturated heterocycles. The van der Waals surface area contributed by atoms with Gasteiger partial charge in [-0.2, -0.15) is 0 Å². The quantitative estimate of drug-likeness (QED) is 0.376. The first kappa shape index (κ1) is 22.4. The van der Waals surface area contributed by atoms with E-state index in [2.05, 4.69) is 10.6 Å². The Hall–Kier alpha value is -2.93. The number of amides is 2. The lowest BCUT2D eigenvalue weighted by Gasteiger charge is -2.20. The molecule has 0 aliphatic heterocycles. The Bertz CT molecular complexity index is 766. The summed E-state index contributed by atoms with van der Waals surface area (Å²) in [5.74, 6) is -0.801. The van der Waals surface area contributed by atoms with Crippen molar-refractivity contribution in [2.75, 3.05) is 19.6 Å². The van der Waals surface area contributed by atoms with Crippen molar-refractivity contribution >= 4 is 12.3 Å². The number of rotatable bonds is 12. The van der Waals surface area contributed by atoms with E-state index < -0.39 is 5.82 Å². The molecule has 29 heavy (non-hydrogen) atoms. The monoisotopic (exact) mass is 401 g/mol. The first-order valence-electron chi connectivity index (χ1n) is 9.66. The zero-order valence-electron chi connectivity index (χ0n) is 16.6. The summed E-state index contributed by atoms with van der Waals surface area (Å²) in [7, 11) is 0. The molecule has 7 heteroatoms. The second-order valence-corrected chi connectivity index (χ2v) is 7.02. The van der Waals surface area contributed by atoms with E-state index in [4.69, 9.17) is 0 Å². The second-order valence-electron chi connectivity index (χ2n) is 7.02. The van der Waals surface area contributed by atoms with Gasteiger partial charge in [-0.1, -0.05) is 30.3 Å². The molecular weight excluding hydrogens is 373 g/mol. The minimum absolute atomic E-state index is 0.132. The zero-order valence-corrected chi connectivity index (χ0v) is 16.6. The summed E-state index contributed by atoms with van der Waals surface area (Å²) in [4.78, 5) is 24.4. The van der Waals surface area contributed by atoms with Crippen molar-refractivity contribution in [3.8, 4) is 5.75 Å². The van der Waals surface area contributed by atoms with Gasteiger partial charge in [0.15, 0.2) is 0 Å². The molecule has 3 N–H and O–H groups in total. The minimum atomic E-state index is -0.507. The number of halogens is 1. The number of benzene rings is 2. The van der Waals surface area contributed by atoms with Crippen LogP contribution in [0.2, 0.25) is 0 Å². The highest BCUT2D eigenvalue weighted by molar-refractivity contribution is 5.73. The van der Waals surface area contributed by atoms with Crippen molar-refractivity contribution in [1.82, 2.24) is 15.5 Å². The van der Waals surface area contributed by atoms with Gasteiger partial charge in [-0.15, -0.1) is 0 Å². The Morgan fingerprint density at radius 2 is 1.93 bits per heavy atom. The summed E-state index contributed by atoms with van der Waals surface area (Å²) in [6, 6.07) is 13.5. The Morgan fingerprint density at radius 1 is 1.17 bits per heavy atom. The van der Waals surface area contributed by atoms with Crippen molar-refractivity contribution < 1.29 is 19.1 Å². The van der Waals surface area contributed by atoms with E-state index in [-0.39, 0.29) is 17.7 Å². The molecule has 0 bridgehead atoms. The first-order valence-corrected chi connectivity index (χ1v) is 9.66. The third kappa shape index (κ3) is 8.74. The highest BCUT2D eigenvalue weighted by Gasteiger charge is 2.12. The number of hydrogen-bond acceptors (Lipinski definition) is 4. The zero-order chi connectivity index (χ0) is 21.1. The molecule has 0 fully saturated rings. The Labute approximate surface area is 170 Å². The molecule has 2 rings (SSSR count). The molecule has 0 saturated carbocycles. The van der Waals surface area contributed by atoms with Crippen LogP contribution in [0.5, 0.6) is 5.75 Å². The molecule has 2 aromatic rings. The molecule has 0 aromatic heterocycles. The number of phenols is 1. The molecule has 0 unspecified atom stereocenters. The molecule has 0 aliphatic carbocycles. The maximum absolute atomic E-state index is 13.5. The summed E-state index contributed by atoms with van der Waals surface area (Å²) >= 11 is 0. The van der Waals surface area contributed by atoms with Crippen molar-refractivity contribution in [1.29, 1.82) is 0 Å². The highest BCUT2D eigenvalue weighted by atomic mass is 19.1. The number of nitrogens with zero attached hydrogens (tertiary/aromatic N) is 1. The van der Waals surface area contributed by atoms with E-state index in [1.165, 1.54) is 19.1 Å². The Morgan fingerprint density at radius 3 is 2.59 bits per heavy atom. The predicted octanol–water partition coefficient (Wildman–Crippen LogP) is 2.22.